The lowest BCUT2D eigenvalue weighted by atomic mass is 9.92. The fraction of sp³-hybridized carbons (Fsp3) is 0.500. The first kappa shape index (κ1) is 14.0. The maximum absolute atomic E-state index is 13.2. The van der Waals surface area contributed by atoms with Crippen LogP contribution in [0.4, 0.5) is 4.39 Å². The minimum absolute atomic E-state index is 0.692. The van der Waals surface area contributed by atoms with Crippen molar-refractivity contribution in [2.75, 3.05) is 6.67 Å². The van der Waals surface area contributed by atoms with E-state index in [9.17, 15) is 29.3 Å². The van der Waals surface area contributed by atoms with Crippen LogP contribution < -0.4 is 11.2 Å². The van der Waals surface area contributed by atoms with Crippen molar-refractivity contribution in [3.05, 3.63) is 33.1 Å². The molecule has 8 nitrogen and oxygen atoms in total. The van der Waals surface area contributed by atoms with E-state index in [0.29, 0.717) is 0 Å². The molecule has 0 amide bonds. The van der Waals surface area contributed by atoms with Crippen LogP contribution in [0.1, 0.15) is 6.23 Å². The Hall–Kier alpha value is -1.99. The minimum Gasteiger partial charge on any atom is -0.387 e. The topological polar surface area (TPSA) is 125 Å². The molecule has 1 saturated carbocycles. The number of hydrogen-bond donors (Lipinski definition) is 4. The van der Waals surface area contributed by atoms with Crippen molar-refractivity contribution in [2.45, 2.75) is 29.1 Å². The molecule has 1 saturated heterocycles. The molecule has 112 valence electrons. The highest BCUT2D eigenvalue weighted by Gasteiger charge is 2.93. The number of aliphatic hydroxyl groups excluding tert-OH is 1. The van der Waals surface area contributed by atoms with Crippen molar-refractivity contribution in [2.24, 2.45) is 0 Å². The summed E-state index contributed by atoms with van der Waals surface area (Å²) in [5, 5.41) is 30.4. The molecule has 9 heteroatoms. The molecule has 0 spiro atoms. The summed E-state index contributed by atoms with van der Waals surface area (Å²) in [6.07, 6.45) is 2.79. The first-order valence-electron chi connectivity index (χ1n) is 5.94. The second-order valence-electron chi connectivity index (χ2n) is 5.09. The van der Waals surface area contributed by atoms with Gasteiger partial charge in [0, 0.05) is 12.3 Å². The van der Waals surface area contributed by atoms with Crippen LogP contribution in [0.3, 0.4) is 0 Å². The summed E-state index contributed by atoms with van der Waals surface area (Å²) in [4.78, 5) is 24.7. The monoisotopic (exact) mass is 298 g/mol. The largest absolute Gasteiger partial charge is 0.387 e. The molecule has 1 aromatic rings. The Morgan fingerprint density at radius 2 is 2.19 bits per heavy atom. The first-order valence-corrected chi connectivity index (χ1v) is 5.94. The van der Waals surface area contributed by atoms with Crippen LogP contribution in [0.15, 0.2) is 21.9 Å². The van der Waals surface area contributed by atoms with Gasteiger partial charge in [0.2, 0.25) is 5.60 Å². The second-order valence-corrected chi connectivity index (χ2v) is 5.09. The maximum atomic E-state index is 13.2. The Morgan fingerprint density at radius 1 is 1.52 bits per heavy atom. The molecule has 0 radical (unpaired) electrons. The number of nitrogens with zero attached hydrogens (tertiary/aromatic N) is 1. The summed E-state index contributed by atoms with van der Waals surface area (Å²) in [6.45, 7) is -1.32. The lowest BCUT2D eigenvalue weighted by molar-refractivity contribution is -0.148. The second kappa shape index (κ2) is 3.80. The third kappa shape index (κ3) is 1.28. The number of alkyl halides is 1. The summed E-state index contributed by atoms with van der Waals surface area (Å²) in [7, 11) is 0. The number of nitrogens with one attached hydrogen (secondary N) is 1. The third-order valence-electron chi connectivity index (χ3n) is 4.18. The molecular formula is C12H11FN2O6. The first-order chi connectivity index (χ1) is 9.78. The molecule has 0 aromatic carbocycles. The highest BCUT2D eigenvalue weighted by atomic mass is 19.1. The molecule has 0 bridgehead atoms. The number of aromatic amines is 1. The summed E-state index contributed by atoms with van der Waals surface area (Å²) in [5.74, 6) is 1.85. The van der Waals surface area contributed by atoms with Crippen LogP contribution in [0.2, 0.25) is 0 Å². The van der Waals surface area contributed by atoms with E-state index in [1.165, 1.54) is 0 Å². The number of halogens is 1. The molecule has 1 aliphatic heterocycles. The lowest BCUT2D eigenvalue weighted by Gasteiger charge is -2.30. The van der Waals surface area contributed by atoms with Gasteiger partial charge in [0.25, 0.3) is 5.56 Å². The molecule has 3 rings (SSSR count). The minimum atomic E-state index is -2.54. The van der Waals surface area contributed by atoms with Gasteiger partial charge in [-0.05, 0) is 0 Å². The lowest BCUT2D eigenvalue weighted by Crippen LogP contribution is -2.52. The van der Waals surface area contributed by atoms with Gasteiger partial charge in [0.15, 0.2) is 17.4 Å². The Bertz CT molecular complexity index is 768. The highest BCUT2D eigenvalue weighted by molar-refractivity contribution is 5.45. The predicted octanol–water partition coefficient (Wildman–Crippen LogP) is -2.76. The molecule has 2 heterocycles. The van der Waals surface area contributed by atoms with Crippen molar-refractivity contribution in [1.82, 2.24) is 9.55 Å². The Kier molecular flexibility index (Phi) is 2.53. The van der Waals surface area contributed by atoms with Gasteiger partial charge in [0.1, 0.15) is 12.8 Å². The quantitative estimate of drug-likeness (QED) is 0.439. The van der Waals surface area contributed by atoms with Crippen molar-refractivity contribution >= 4 is 0 Å². The Morgan fingerprint density at radius 3 is 2.71 bits per heavy atom. The molecule has 2 aliphatic rings. The van der Waals surface area contributed by atoms with Gasteiger partial charge in [-0.15, -0.1) is 6.42 Å². The van der Waals surface area contributed by atoms with Gasteiger partial charge in [0.05, 0.1) is 0 Å². The van der Waals surface area contributed by atoms with Gasteiger partial charge < -0.3 is 20.1 Å². The van der Waals surface area contributed by atoms with Crippen molar-refractivity contribution in [1.29, 1.82) is 0 Å². The van der Waals surface area contributed by atoms with Crippen LogP contribution >= 0.6 is 0 Å². The summed E-state index contributed by atoms with van der Waals surface area (Å²) >= 11 is 0. The van der Waals surface area contributed by atoms with Gasteiger partial charge in [-0.3, -0.25) is 14.3 Å². The summed E-state index contributed by atoms with van der Waals surface area (Å²) in [5.41, 5.74) is -8.74. The van der Waals surface area contributed by atoms with Crippen LogP contribution in [-0.4, -0.2) is 54.5 Å². The molecule has 21 heavy (non-hydrogen) atoms. The predicted molar refractivity (Wildman–Crippen MR) is 64.9 cm³/mol. The molecule has 1 unspecified atom stereocenters. The van der Waals surface area contributed by atoms with E-state index in [1.807, 2.05) is 10.9 Å². The van der Waals surface area contributed by atoms with Crippen molar-refractivity contribution in [3.63, 3.8) is 0 Å². The van der Waals surface area contributed by atoms with Gasteiger partial charge >= 0.3 is 5.69 Å². The number of aromatic nitrogens is 2. The normalized spacial score (nSPS) is 44.1. The number of rotatable bonds is 2. The summed E-state index contributed by atoms with van der Waals surface area (Å²) in [6, 6.07) is 0.966. The van der Waals surface area contributed by atoms with Crippen LogP contribution in [0, 0.1) is 12.3 Å². The maximum Gasteiger partial charge on any atom is 0.330 e. The average Bonchev–Trinajstić information content (AvgIpc) is 2.84. The molecule has 1 aromatic heterocycles. The van der Waals surface area contributed by atoms with Gasteiger partial charge in [-0.1, -0.05) is 5.92 Å². The highest BCUT2D eigenvalue weighted by Crippen LogP contribution is 2.66. The van der Waals surface area contributed by atoms with Crippen molar-refractivity contribution in [3.8, 4) is 12.3 Å². The van der Waals surface area contributed by atoms with Crippen LogP contribution in [0.5, 0.6) is 0 Å². The van der Waals surface area contributed by atoms with E-state index < -0.39 is 47.1 Å². The Labute approximate surface area is 116 Å². The van der Waals surface area contributed by atoms with Gasteiger partial charge in [-0.25, -0.2) is 9.18 Å². The average molecular weight is 298 g/mol. The zero-order valence-corrected chi connectivity index (χ0v) is 10.5. The number of terminal acetylenes is 1. The van der Waals surface area contributed by atoms with Crippen LogP contribution in [-0.2, 0) is 4.74 Å². The zero-order chi connectivity index (χ0) is 15.6. The van der Waals surface area contributed by atoms with E-state index in [2.05, 4.69) is 0 Å². The number of aliphatic hydroxyl groups is 3. The molecule has 5 atom stereocenters. The zero-order valence-electron chi connectivity index (χ0n) is 10.5. The fourth-order valence-electron chi connectivity index (χ4n) is 2.89. The number of fused-ring (bicyclic) bond motifs is 1. The SMILES string of the molecule is C#C[C@]1(O)[C@H](n2ccc(=O)[nH]c2=O)O[C@]2(CF)C(O)[C@@]21O. The van der Waals surface area contributed by atoms with Gasteiger partial charge in [-0.2, -0.15) is 0 Å². The smallest absolute Gasteiger partial charge is 0.330 e. The van der Waals surface area contributed by atoms with E-state index in [1.54, 1.807) is 0 Å². The fourth-order valence-corrected chi connectivity index (χ4v) is 2.89. The summed E-state index contributed by atoms with van der Waals surface area (Å²) < 4.78 is 19.1. The number of ether oxygens (including phenoxy) is 1. The van der Waals surface area contributed by atoms with E-state index >= 15 is 0 Å². The van der Waals surface area contributed by atoms with E-state index in [4.69, 9.17) is 11.2 Å². The number of H-pyrrole nitrogens is 1. The van der Waals surface area contributed by atoms with E-state index in [0.717, 1.165) is 16.8 Å². The number of hydrogen-bond acceptors (Lipinski definition) is 6. The van der Waals surface area contributed by atoms with E-state index in [-0.39, 0.29) is 0 Å². The molecule has 2 fully saturated rings. The Balaban J connectivity index is 2.16. The molecule has 4 N–H and O–H groups in total. The van der Waals surface area contributed by atoms with Crippen LogP contribution in [0.25, 0.3) is 0 Å². The molecular weight excluding hydrogens is 287 g/mol. The standard InChI is InChI=1S/C12H11FN2O6/c1-2-10(19)8(15-4-3-6(16)14-9(15)18)21-11(5-13)7(17)12(10,11)20/h1,3-4,7-8,17,19-20H,5H2,(H,14,16,18)/t7?,8-,10+,11-,12+/m1/s1. The van der Waals surface area contributed by atoms with Crippen molar-refractivity contribution < 1.29 is 24.4 Å². The third-order valence-corrected chi connectivity index (χ3v) is 4.18. The molecule has 1 aliphatic carbocycles.